The third-order valence-corrected chi connectivity index (χ3v) is 6.92. The number of hydrogen-bond acceptors (Lipinski definition) is 6. The molecule has 2 aromatic carbocycles. The van der Waals surface area contributed by atoms with Crippen molar-refractivity contribution in [2.45, 2.75) is 36.9 Å². The van der Waals surface area contributed by atoms with Crippen molar-refractivity contribution in [2.24, 2.45) is 0 Å². The molecule has 1 amide bonds. The second-order valence-electron chi connectivity index (χ2n) is 8.38. The van der Waals surface area contributed by atoms with Crippen molar-refractivity contribution in [1.82, 2.24) is 15.3 Å². The number of anilines is 1. The van der Waals surface area contributed by atoms with Crippen LogP contribution in [0, 0.1) is 0 Å². The Bertz CT molecular complexity index is 1330. The van der Waals surface area contributed by atoms with Crippen LogP contribution in [-0.2, 0) is 5.54 Å². The highest BCUT2D eigenvalue weighted by Gasteiger charge is 2.40. The van der Waals surface area contributed by atoms with Crippen molar-refractivity contribution >= 4 is 34.8 Å². The molecule has 1 saturated carbocycles. The van der Waals surface area contributed by atoms with E-state index in [4.69, 9.17) is 9.40 Å². The molecule has 1 fully saturated rings. The molecule has 3 N–H and O–H groups in total. The molecule has 34 heavy (non-hydrogen) atoms. The molecule has 8 heteroatoms. The van der Waals surface area contributed by atoms with Crippen LogP contribution in [0.25, 0.3) is 33.6 Å². The minimum atomic E-state index is -0.994. The molecule has 0 bridgehead atoms. The molecule has 2 aromatic heterocycles. The fourth-order valence-corrected chi connectivity index (χ4v) is 4.97. The fraction of sp³-hybridized carbons (Fsp3) is 0.269. The highest BCUT2D eigenvalue weighted by Crippen LogP contribution is 2.45. The van der Waals surface area contributed by atoms with E-state index >= 15 is 0 Å². The molecule has 5 rings (SSSR count). The van der Waals surface area contributed by atoms with Crippen molar-refractivity contribution in [2.75, 3.05) is 18.1 Å². The molecule has 7 nitrogen and oxygen atoms in total. The smallest absolute Gasteiger partial charge is 0.405 e. The first kappa shape index (κ1) is 22.3. The minimum absolute atomic E-state index is 0.503. The van der Waals surface area contributed by atoms with Gasteiger partial charge in [0.25, 0.3) is 0 Å². The number of carbonyl (C=O) groups is 1. The number of nitrogens with one attached hydrogen (secondary N) is 2. The van der Waals surface area contributed by atoms with Crippen LogP contribution in [0.3, 0.4) is 0 Å². The predicted molar refractivity (Wildman–Crippen MR) is 135 cm³/mol. The number of amides is 1. The third-order valence-electron chi connectivity index (χ3n) is 6.37. The number of furan rings is 1. The molecule has 0 saturated heterocycles. The Morgan fingerprint density at radius 2 is 1.82 bits per heavy atom. The van der Waals surface area contributed by atoms with E-state index < -0.39 is 11.6 Å². The summed E-state index contributed by atoms with van der Waals surface area (Å²) >= 11 is 1.47. The predicted octanol–water partition coefficient (Wildman–Crippen LogP) is 6.36. The van der Waals surface area contributed by atoms with E-state index in [1.807, 2.05) is 55.6 Å². The van der Waals surface area contributed by atoms with Crippen LogP contribution in [0.15, 0.2) is 64.2 Å². The molecule has 174 valence electrons. The number of aromatic nitrogens is 2. The standard InChI is InChI=1S/C26H26N4O3S/c1-3-27-22-20-19(16-8-5-4-6-9-16)21(33-23(20)29-24(28-22)34-2)17-10-12-18(13-11-17)26(14-7-15-26)30-25(31)32/h4-6,8-13,30H,3,7,14-15H2,1-2H3,(H,31,32)(H,27,28,29). The van der Waals surface area contributed by atoms with Crippen LogP contribution < -0.4 is 10.6 Å². The SMILES string of the molecule is CCNc1nc(SC)nc2oc(-c3ccc(C4(NC(=O)O)CCC4)cc3)c(-c3ccccc3)c12. The van der Waals surface area contributed by atoms with E-state index in [0.717, 1.165) is 59.3 Å². The summed E-state index contributed by atoms with van der Waals surface area (Å²) in [5.74, 6) is 1.47. The molecule has 0 radical (unpaired) electrons. The monoisotopic (exact) mass is 474 g/mol. The molecule has 0 atom stereocenters. The van der Waals surface area contributed by atoms with Gasteiger partial charge in [0, 0.05) is 17.7 Å². The average molecular weight is 475 g/mol. The van der Waals surface area contributed by atoms with Crippen LogP contribution in [0.1, 0.15) is 31.7 Å². The normalized spacial score (nSPS) is 14.5. The Labute approximate surface area is 202 Å². The van der Waals surface area contributed by atoms with Gasteiger partial charge in [-0.3, -0.25) is 0 Å². The number of thioether (sulfide) groups is 1. The number of fused-ring (bicyclic) bond motifs is 1. The Kier molecular flexibility index (Phi) is 5.91. The fourth-order valence-electron chi connectivity index (χ4n) is 4.61. The van der Waals surface area contributed by atoms with Gasteiger partial charge in [0.05, 0.1) is 10.9 Å². The van der Waals surface area contributed by atoms with E-state index in [0.29, 0.717) is 16.6 Å². The zero-order chi connectivity index (χ0) is 23.7. The number of rotatable bonds is 7. The first-order chi connectivity index (χ1) is 16.5. The first-order valence-corrected chi connectivity index (χ1v) is 12.6. The summed E-state index contributed by atoms with van der Waals surface area (Å²) in [5, 5.41) is 16.9. The van der Waals surface area contributed by atoms with Crippen LogP contribution in [0.4, 0.5) is 10.6 Å². The maximum atomic E-state index is 11.4. The van der Waals surface area contributed by atoms with Crippen LogP contribution in [0.5, 0.6) is 0 Å². The topological polar surface area (TPSA) is 100 Å². The van der Waals surface area contributed by atoms with Crippen molar-refractivity contribution in [3.63, 3.8) is 0 Å². The van der Waals surface area contributed by atoms with Gasteiger partial charge in [0.2, 0.25) is 5.71 Å². The van der Waals surface area contributed by atoms with E-state index in [1.165, 1.54) is 11.8 Å². The molecule has 4 aromatic rings. The van der Waals surface area contributed by atoms with Crippen LogP contribution in [0.2, 0.25) is 0 Å². The molecular formula is C26H26N4O3S. The molecule has 2 heterocycles. The maximum absolute atomic E-state index is 11.4. The second-order valence-corrected chi connectivity index (χ2v) is 9.16. The van der Waals surface area contributed by atoms with Gasteiger partial charge in [-0.25, -0.2) is 9.78 Å². The molecule has 0 aliphatic heterocycles. The maximum Gasteiger partial charge on any atom is 0.405 e. The third kappa shape index (κ3) is 3.88. The lowest BCUT2D eigenvalue weighted by atomic mass is 9.72. The first-order valence-electron chi connectivity index (χ1n) is 11.3. The van der Waals surface area contributed by atoms with Crippen molar-refractivity contribution in [1.29, 1.82) is 0 Å². The lowest BCUT2D eigenvalue weighted by Crippen LogP contribution is -2.50. The second kappa shape index (κ2) is 9.02. The van der Waals surface area contributed by atoms with Gasteiger partial charge in [0.15, 0.2) is 5.16 Å². The van der Waals surface area contributed by atoms with E-state index in [9.17, 15) is 9.90 Å². The lowest BCUT2D eigenvalue weighted by molar-refractivity contribution is 0.144. The molecule has 1 aliphatic rings. The molecule has 0 unspecified atom stereocenters. The number of hydrogen-bond donors (Lipinski definition) is 3. The van der Waals surface area contributed by atoms with Gasteiger partial charge in [-0.2, -0.15) is 4.98 Å². The largest absolute Gasteiger partial charge is 0.465 e. The zero-order valence-electron chi connectivity index (χ0n) is 19.1. The Balaban J connectivity index is 1.67. The summed E-state index contributed by atoms with van der Waals surface area (Å²) in [6.07, 6.45) is 3.56. The van der Waals surface area contributed by atoms with Crippen molar-refractivity contribution in [3.05, 3.63) is 60.2 Å². The summed E-state index contributed by atoms with van der Waals surface area (Å²) < 4.78 is 6.39. The summed E-state index contributed by atoms with van der Waals surface area (Å²) in [5.41, 5.74) is 3.86. The van der Waals surface area contributed by atoms with Crippen LogP contribution >= 0.6 is 11.8 Å². The Morgan fingerprint density at radius 3 is 2.41 bits per heavy atom. The van der Waals surface area contributed by atoms with Crippen LogP contribution in [-0.4, -0.2) is 34.0 Å². The summed E-state index contributed by atoms with van der Waals surface area (Å²) in [4.78, 5) is 20.7. The number of nitrogens with zero attached hydrogens (tertiary/aromatic N) is 2. The van der Waals surface area contributed by atoms with Crippen molar-refractivity contribution < 1.29 is 14.3 Å². The summed E-state index contributed by atoms with van der Waals surface area (Å²) in [7, 11) is 0. The number of carboxylic acid groups (broad SMARTS) is 1. The highest BCUT2D eigenvalue weighted by atomic mass is 32.2. The Hall–Kier alpha value is -3.52. The number of benzene rings is 2. The lowest BCUT2D eigenvalue weighted by Gasteiger charge is -2.42. The van der Waals surface area contributed by atoms with Gasteiger partial charge < -0.3 is 20.2 Å². The summed E-state index contributed by atoms with van der Waals surface area (Å²) in [6, 6.07) is 18.1. The van der Waals surface area contributed by atoms with Crippen molar-refractivity contribution in [3.8, 4) is 22.5 Å². The van der Waals surface area contributed by atoms with Gasteiger partial charge in [-0.15, -0.1) is 0 Å². The van der Waals surface area contributed by atoms with E-state index in [-0.39, 0.29) is 0 Å². The quantitative estimate of drug-likeness (QED) is 0.212. The molecule has 1 aliphatic carbocycles. The highest BCUT2D eigenvalue weighted by molar-refractivity contribution is 7.98. The van der Waals surface area contributed by atoms with Gasteiger partial charge in [0.1, 0.15) is 11.6 Å². The van der Waals surface area contributed by atoms with E-state index in [1.54, 1.807) is 0 Å². The average Bonchev–Trinajstić information content (AvgIpc) is 3.22. The van der Waals surface area contributed by atoms with Gasteiger partial charge in [-0.1, -0.05) is 66.4 Å². The molecular weight excluding hydrogens is 448 g/mol. The van der Waals surface area contributed by atoms with Gasteiger partial charge >= 0.3 is 6.09 Å². The van der Waals surface area contributed by atoms with E-state index in [2.05, 4.69) is 27.8 Å². The van der Waals surface area contributed by atoms with Gasteiger partial charge in [-0.05, 0) is 43.6 Å². The molecule has 0 spiro atoms. The summed E-state index contributed by atoms with van der Waals surface area (Å²) in [6.45, 7) is 2.76. The zero-order valence-corrected chi connectivity index (χ0v) is 19.9. The Morgan fingerprint density at radius 1 is 1.09 bits per heavy atom. The minimum Gasteiger partial charge on any atom is -0.465 e.